The molecule has 0 atom stereocenters. The molecule has 9 rings (SSSR count). The normalized spacial score (nSPS) is 13.3. The largest absolute Gasteiger partial charge is 0.0619 e. The Kier molecular flexibility index (Phi) is 5.64. The first-order chi connectivity index (χ1) is 22.0. The SMILES string of the molecule is CC1(C)c2ccccc2-c2ccc(-c3ccc4cc(-c5ccc6cc(-c7ccc8ccccc8c7)ccc6c5)ccc4c3)cc21. The maximum atomic E-state index is 2.41. The molecule has 0 amide bonds. The monoisotopic (exact) mass is 572 g/mol. The maximum absolute atomic E-state index is 2.41. The summed E-state index contributed by atoms with van der Waals surface area (Å²) in [6, 6.07) is 58.5. The van der Waals surface area contributed by atoms with Crippen LogP contribution in [0.3, 0.4) is 0 Å². The summed E-state index contributed by atoms with van der Waals surface area (Å²) in [7, 11) is 0. The minimum absolute atomic E-state index is 0.00550. The van der Waals surface area contributed by atoms with Gasteiger partial charge in [0.05, 0.1) is 0 Å². The third-order valence-electron chi connectivity index (χ3n) is 10.0. The van der Waals surface area contributed by atoms with E-state index < -0.39 is 0 Å². The van der Waals surface area contributed by atoms with E-state index in [0.29, 0.717) is 0 Å². The van der Waals surface area contributed by atoms with E-state index in [1.807, 2.05) is 0 Å². The third kappa shape index (κ3) is 4.21. The molecule has 0 saturated carbocycles. The molecule has 8 aromatic carbocycles. The summed E-state index contributed by atoms with van der Waals surface area (Å²) in [5.74, 6) is 0. The number of hydrogen-bond acceptors (Lipinski definition) is 0. The molecule has 0 saturated heterocycles. The Hall–Kier alpha value is -5.46. The van der Waals surface area contributed by atoms with Crippen molar-refractivity contribution in [1.82, 2.24) is 0 Å². The summed E-state index contributed by atoms with van der Waals surface area (Å²) in [4.78, 5) is 0. The molecule has 0 bridgehead atoms. The lowest BCUT2D eigenvalue weighted by Crippen LogP contribution is -2.14. The molecule has 0 heterocycles. The molecule has 0 nitrogen and oxygen atoms in total. The highest BCUT2D eigenvalue weighted by molar-refractivity contribution is 5.96. The van der Waals surface area contributed by atoms with E-state index in [-0.39, 0.29) is 5.41 Å². The summed E-state index contributed by atoms with van der Waals surface area (Å²) >= 11 is 0. The lowest BCUT2D eigenvalue weighted by atomic mass is 9.81. The molecule has 8 aromatic rings. The zero-order valence-corrected chi connectivity index (χ0v) is 25.5. The molecule has 45 heavy (non-hydrogen) atoms. The first-order valence-electron chi connectivity index (χ1n) is 15.8. The molecule has 0 unspecified atom stereocenters. The van der Waals surface area contributed by atoms with Crippen molar-refractivity contribution in [3.63, 3.8) is 0 Å². The fraction of sp³-hybridized carbons (Fsp3) is 0.0667. The van der Waals surface area contributed by atoms with Gasteiger partial charge in [-0.05, 0) is 124 Å². The van der Waals surface area contributed by atoms with Crippen molar-refractivity contribution in [3.05, 3.63) is 169 Å². The first kappa shape index (κ1) is 26.0. The first-order valence-corrected chi connectivity index (χ1v) is 15.8. The highest BCUT2D eigenvalue weighted by atomic mass is 14.4. The van der Waals surface area contributed by atoms with Crippen LogP contribution in [0, 0.1) is 0 Å². The zero-order valence-electron chi connectivity index (χ0n) is 25.5. The molecular weight excluding hydrogens is 540 g/mol. The molecule has 0 N–H and O–H groups in total. The Morgan fingerprint density at radius 2 is 0.644 bits per heavy atom. The molecular formula is C45H32. The Morgan fingerprint density at radius 3 is 1.18 bits per heavy atom. The number of benzene rings is 8. The van der Waals surface area contributed by atoms with Gasteiger partial charge in [0, 0.05) is 5.41 Å². The summed E-state index contributed by atoms with van der Waals surface area (Å²) in [6.07, 6.45) is 0. The highest BCUT2D eigenvalue weighted by Gasteiger charge is 2.35. The summed E-state index contributed by atoms with van der Waals surface area (Å²) in [6.45, 7) is 4.69. The van der Waals surface area contributed by atoms with Crippen LogP contribution in [0.25, 0.3) is 76.8 Å². The Bertz CT molecular complexity index is 2460. The van der Waals surface area contributed by atoms with E-state index in [2.05, 4.69) is 172 Å². The van der Waals surface area contributed by atoms with Crippen molar-refractivity contribution in [2.24, 2.45) is 0 Å². The van der Waals surface area contributed by atoms with Gasteiger partial charge in [-0.15, -0.1) is 0 Å². The minimum atomic E-state index is 0.00550. The van der Waals surface area contributed by atoms with E-state index in [1.54, 1.807) is 0 Å². The van der Waals surface area contributed by atoms with Gasteiger partial charge in [0.25, 0.3) is 0 Å². The fourth-order valence-electron chi connectivity index (χ4n) is 7.46. The van der Waals surface area contributed by atoms with Crippen LogP contribution in [0.4, 0.5) is 0 Å². The average Bonchev–Trinajstić information content (AvgIpc) is 3.32. The van der Waals surface area contributed by atoms with Crippen LogP contribution >= 0.6 is 0 Å². The van der Waals surface area contributed by atoms with Crippen LogP contribution in [0.5, 0.6) is 0 Å². The Labute approximate surface area is 264 Å². The van der Waals surface area contributed by atoms with E-state index in [0.717, 1.165) is 0 Å². The zero-order chi connectivity index (χ0) is 30.1. The second-order valence-electron chi connectivity index (χ2n) is 13.0. The van der Waals surface area contributed by atoms with Crippen molar-refractivity contribution in [2.45, 2.75) is 19.3 Å². The summed E-state index contributed by atoms with van der Waals surface area (Å²) in [5.41, 5.74) is 13.1. The molecule has 0 aliphatic heterocycles. The van der Waals surface area contributed by atoms with Crippen molar-refractivity contribution in [3.8, 4) is 44.5 Å². The van der Waals surface area contributed by atoms with Gasteiger partial charge in [0.1, 0.15) is 0 Å². The molecule has 0 fully saturated rings. The molecule has 1 aliphatic rings. The molecule has 0 spiro atoms. The van der Waals surface area contributed by atoms with E-state index in [9.17, 15) is 0 Å². The molecule has 212 valence electrons. The van der Waals surface area contributed by atoms with E-state index in [4.69, 9.17) is 0 Å². The van der Waals surface area contributed by atoms with Gasteiger partial charge in [0.15, 0.2) is 0 Å². The van der Waals surface area contributed by atoms with Gasteiger partial charge in [0.2, 0.25) is 0 Å². The van der Waals surface area contributed by atoms with Crippen LogP contribution < -0.4 is 0 Å². The molecule has 0 aromatic heterocycles. The van der Waals surface area contributed by atoms with Gasteiger partial charge in [-0.2, -0.15) is 0 Å². The van der Waals surface area contributed by atoms with Gasteiger partial charge in [-0.3, -0.25) is 0 Å². The summed E-state index contributed by atoms with van der Waals surface area (Å²) in [5, 5.41) is 7.59. The Balaban J connectivity index is 1.03. The highest BCUT2D eigenvalue weighted by Crippen LogP contribution is 2.49. The van der Waals surface area contributed by atoms with Crippen molar-refractivity contribution in [2.75, 3.05) is 0 Å². The molecule has 0 heteroatoms. The van der Waals surface area contributed by atoms with Crippen molar-refractivity contribution < 1.29 is 0 Å². The van der Waals surface area contributed by atoms with Gasteiger partial charge in [-0.25, -0.2) is 0 Å². The third-order valence-corrected chi connectivity index (χ3v) is 10.0. The van der Waals surface area contributed by atoms with Crippen LogP contribution in [-0.2, 0) is 5.41 Å². The number of fused-ring (bicyclic) bond motifs is 6. The predicted molar refractivity (Wildman–Crippen MR) is 193 cm³/mol. The predicted octanol–water partition coefficient (Wildman–Crippen LogP) is 12.5. The van der Waals surface area contributed by atoms with Crippen LogP contribution in [0.2, 0.25) is 0 Å². The fourth-order valence-corrected chi connectivity index (χ4v) is 7.46. The Morgan fingerprint density at radius 1 is 0.289 bits per heavy atom. The van der Waals surface area contributed by atoms with Crippen LogP contribution in [-0.4, -0.2) is 0 Å². The topological polar surface area (TPSA) is 0 Å². The lowest BCUT2D eigenvalue weighted by Gasteiger charge is -2.22. The molecule has 1 aliphatic carbocycles. The van der Waals surface area contributed by atoms with Crippen LogP contribution in [0.1, 0.15) is 25.0 Å². The second kappa shape index (κ2) is 9.78. The number of hydrogen-bond donors (Lipinski definition) is 0. The second-order valence-corrected chi connectivity index (χ2v) is 13.0. The quantitative estimate of drug-likeness (QED) is 0.197. The number of rotatable bonds is 3. The van der Waals surface area contributed by atoms with E-state index >= 15 is 0 Å². The van der Waals surface area contributed by atoms with E-state index in [1.165, 1.54) is 88.0 Å². The van der Waals surface area contributed by atoms with Crippen LogP contribution in [0.15, 0.2) is 158 Å². The standard InChI is InChI=1S/C45H32/c1-45(2)43-10-6-5-9-41(43)42-22-21-40(28-44(42)45)39-20-19-37-26-36(17-18-38(37)27-39)35-16-15-33-24-32(13-14-34(33)25-35)31-12-11-29-7-3-4-8-30(29)23-31/h3-28H,1-2H3. The minimum Gasteiger partial charge on any atom is -0.0619 e. The van der Waals surface area contributed by atoms with Gasteiger partial charge < -0.3 is 0 Å². The van der Waals surface area contributed by atoms with Gasteiger partial charge >= 0.3 is 0 Å². The molecule has 0 radical (unpaired) electrons. The summed E-state index contributed by atoms with van der Waals surface area (Å²) < 4.78 is 0. The average molecular weight is 573 g/mol. The van der Waals surface area contributed by atoms with Gasteiger partial charge in [-0.1, -0.05) is 135 Å². The van der Waals surface area contributed by atoms with Crippen molar-refractivity contribution >= 4 is 32.3 Å². The smallest absolute Gasteiger partial charge is 0.0159 e. The lowest BCUT2D eigenvalue weighted by molar-refractivity contribution is 0.660. The van der Waals surface area contributed by atoms with Crippen molar-refractivity contribution in [1.29, 1.82) is 0 Å². The maximum Gasteiger partial charge on any atom is 0.0159 e.